The lowest BCUT2D eigenvalue weighted by Crippen LogP contribution is -2.50. The predicted molar refractivity (Wildman–Crippen MR) is 64.9 cm³/mol. The second kappa shape index (κ2) is 3.63. The van der Waals surface area contributed by atoms with Crippen LogP contribution in [0.15, 0.2) is 16.7 Å². The van der Waals surface area contributed by atoms with Crippen LogP contribution in [0.2, 0.25) is 0 Å². The molecule has 0 aromatic carbocycles. The Labute approximate surface area is 99.2 Å². The van der Waals surface area contributed by atoms with E-state index in [1.165, 1.54) is 42.4 Å². The Morgan fingerprint density at radius 2 is 2.00 bits per heavy atom. The summed E-state index contributed by atoms with van der Waals surface area (Å²) in [5.74, 6) is 0. The van der Waals surface area contributed by atoms with E-state index in [9.17, 15) is 0 Å². The highest BCUT2D eigenvalue weighted by Gasteiger charge is 2.38. The van der Waals surface area contributed by atoms with Crippen molar-refractivity contribution in [2.75, 3.05) is 6.54 Å². The molecule has 0 radical (unpaired) electrons. The first-order chi connectivity index (χ1) is 7.32. The average molecular weight is 269 g/mol. The fourth-order valence-corrected chi connectivity index (χ4v) is 3.67. The third-order valence-corrected chi connectivity index (χ3v) is 4.62. The van der Waals surface area contributed by atoms with Crippen molar-refractivity contribution in [3.63, 3.8) is 0 Å². The van der Waals surface area contributed by atoms with Gasteiger partial charge in [-0.05, 0) is 40.9 Å². The van der Waals surface area contributed by atoms with Crippen LogP contribution in [0.4, 0.5) is 0 Å². The van der Waals surface area contributed by atoms with Gasteiger partial charge in [0.2, 0.25) is 0 Å². The van der Waals surface area contributed by atoms with Crippen LogP contribution in [0.3, 0.4) is 0 Å². The van der Waals surface area contributed by atoms with Crippen LogP contribution < -0.4 is 5.32 Å². The molecule has 1 aromatic rings. The van der Waals surface area contributed by atoms with E-state index in [1.54, 1.807) is 0 Å². The minimum absolute atomic E-state index is 0.294. The predicted octanol–water partition coefficient (Wildman–Crippen LogP) is 3.01. The van der Waals surface area contributed by atoms with Crippen molar-refractivity contribution in [2.24, 2.45) is 0 Å². The van der Waals surface area contributed by atoms with E-state index in [0.717, 1.165) is 13.1 Å². The molecule has 15 heavy (non-hydrogen) atoms. The van der Waals surface area contributed by atoms with Gasteiger partial charge < -0.3 is 9.88 Å². The lowest BCUT2D eigenvalue weighted by Gasteiger charge is -2.42. The molecule has 1 fully saturated rings. The molecule has 2 heterocycles. The van der Waals surface area contributed by atoms with Crippen LogP contribution in [0.5, 0.6) is 0 Å². The molecule has 1 aliphatic carbocycles. The Balaban J connectivity index is 2.04. The summed E-state index contributed by atoms with van der Waals surface area (Å²) in [4.78, 5) is 0. The average Bonchev–Trinajstić information content (AvgIpc) is 2.64. The first kappa shape index (κ1) is 9.91. The van der Waals surface area contributed by atoms with E-state index in [0.29, 0.717) is 5.54 Å². The number of fused-ring (bicyclic) bond motifs is 2. The summed E-state index contributed by atoms with van der Waals surface area (Å²) in [5, 5.41) is 3.76. The van der Waals surface area contributed by atoms with Gasteiger partial charge in [-0.25, -0.2) is 0 Å². The molecule has 1 N–H and O–H groups in total. The van der Waals surface area contributed by atoms with E-state index in [2.05, 4.69) is 37.9 Å². The Morgan fingerprint density at radius 1 is 1.20 bits per heavy atom. The van der Waals surface area contributed by atoms with E-state index in [-0.39, 0.29) is 0 Å². The number of nitrogens with zero attached hydrogens (tertiary/aromatic N) is 1. The number of halogens is 1. The molecular weight excluding hydrogens is 252 g/mol. The van der Waals surface area contributed by atoms with Crippen LogP contribution in [-0.4, -0.2) is 11.1 Å². The number of hydrogen-bond donors (Lipinski definition) is 1. The SMILES string of the molecule is Brc1ccc2n1CCNC21CCCCC1. The molecule has 0 saturated heterocycles. The molecule has 3 heteroatoms. The summed E-state index contributed by atoms with van der Waals surface area (Å²) in [5.41, 5.74) is 1.79. The minimum atomic E-state index is 0.294. The molecule has 1 spiro atoms. The standard InChI is InChI=1S/C12H17BrN2/c13-11-5-4-10-12(6-2-1-3-7-12)14-8-9-15(10)11/h4-5,14H,1-3,6-9H2. The van der Waals surface area contributed by atoms with Gasteiger partial charge in [0, 0.05) is 18.8 Å². The Bertz CT molecular complexity index is 364. The third kappa shape index (κ3) is 1.48. The molecule has 1 aliphatic heterocycles. The summed E-state index contributed by atoms with van der Waals surface area (Å²) in [6.07, 6.45) is 6.77. The Hall–Kier alpha value is -0.280. The smallest absolute Gasteiger partial charge is 0.0849 e. The van der Waals surface area contributed by atoms with Crippen LogP contribution in [-0.2, 0) is 12.1 Å². The maximum Gasteiger partial charge on any atom is 0.0849 e. The molecule has 0 unspecified atom stereocenters. The minimum Gasteiger partial charge on any atom is -0.336 e. The zero-order chi connectivity index (χ0) is 10.3. The van der Waals surface area contributed by atoms with Crippen LogP contribution in [0.25, 0.3) is 0 Å². The Morgan fingerprint density at radius 3 is 2.80 bits per heavy atom. The lowest BCUT2D eigenvalue weighted by molar-refractivity contribution is 0.196. The molecule has 2 nitrogen and oxygen atoms in total. The first-order valence-electron chi connectivity index (χ1n) is 5.92. The van der Waals surface area contributed by atoms with Gasteiger partial charge in [-0.15, -0.1) is 0 Å². The highest BCUT2D eigenvalue weighted by atomic mass is 79.9. The highest BCUT2D eigenvalue weighted by Crippen LogP contribution is 2.40. The van der Waals surface area contributed by atoms with Crippen molar-refractivity contribution in [2.45, 2.75) is 44.2 Å². The monoisotopic (exact) mass is 268 g/mol. The number of aromatic nitrogens is 1. The first-order valence-corrected chi connectivity index (χ1v) is 6.72. The summed E-state index contributed by atoms with van der Waals surface area (Å²) in [6.45, 7) is 2.21. The molecule has 3 rings (SSSR count). The maximum absolute atomic E-state index is 3.76. The zero-order valence-corrected chi connectivity index (χ0v) is 10.5. The molecule has 2 aliphatic rings. The van der Waals surface area contributed by atoms with E-state index in [4.69, 9.17) is 0 Å². The summed E-state index contributed by atoms with van der Waals surface area (Å²) in [6, 6.07) is 4.49. The molecule has 1 saturated carbocycles. The van der Waals surface area contributed by atoms with Crippen molar-refractivity contribution in [1.29, 1.82) is 0 Å². The number of nitrogens with one attached hydrogen (secondary N) is 1. The van der Waals surface area contributed by atoms with Gasteiger partial charge in [-0.2, -0.15) is 0 Å². The molecule has 1 aromatic heterocycles. The summed E-state index contributed by atoms with van der Waals surface area (Å²) < 4.78 is 3.67. The molecule has 82 valence electrons. The van der Waals surface area contributed by atoms with Gasteiger partial charge in [0.1, 0.15) is 0 Å². The van der Waals surface area contributed by atoms with Crippen molar-refractivity contribution >= 4 is 15.9 Å². The van der Waals surface area contributed by atoms with Crippen LogP contribution >= 0.6 is 15.9 Å². The lowest BCUT2D eigenvalue weighted by atomic mass is 9.78. The van der Waals surface area contributed by atoms with Crippen molar-refractivity contribution in [3.8, 4) is 0 Å². The zero-order valence-electron chi connectivity index (χ0n) is 8.93. The van der Waals surface area contributed by atoms with Crippen molar-refractivity contribution in [3.05, 3.63) is 22.4 Å². The van der Waals surface area contributed by atoms with Gasteiger partial charge in [0.25, 0.3) is 0 Å². The van der Waals surface area contributed by atoms with Gasteiger partial charge in [-0.1, -0.05) is 19.3 Å². The quantitative estimate of drug-likeness (QED) is 0.766. The second-order valence-electron chi connectivity index (χ2n) is 4.76. The third-order valence-electron chi connectivity index (χ3n) is 3.92. The summed E-state index contributed by atoms with van der Waals surface area (Å²) in [7, 11) is 0. The number of rotatable bonds is 0. The normalized spacial score (nSPS) is 24.1. The van der Waals surface area contributed by atoms with Crippen LogP contribution in [0.1, 0.15) is 37.8 Å². The second-order valence-corrected chi connectivity index (χ2v) is 5.57. The van der Waals surface area contributed by atoms with Gasteiger partial charge in [0.05, 0.1) is 10.1 Å². The van der Waals surface area contributed by atoms with Gasteiger partial charge in [-0.3, -0.25) is 0 Å². The molecule has 0 amide bonds. The molecule has 0 atom stereocenters. The molecular formula is C12H17BrN2. The highest BCUT2D eigenvalue weighted by molar-refractivity contribution is 9.10. The van der Waals surface area contributed by atoms with Gasteiger partial charge >= 0.3 is 0 Å². The number of hydrogen-bond acceptors (Lipinski definition) is 1. The van der Waals surface area contributed by atoms with E-state index < -0.39 is 0 Å². The Kier molecular flexibility index (Phi) is 2.40. The van der Waals surface area contributed by atoms with Gasteiger partial charge in [0.15, 0.2) is 0 Å². The van der Waals surface area contributed by atoms with Crippen LogP contribution in [0, 0.1) is 0 Å². The van der Waals surface area contributed by atoms with Crippen molar-refractivity contribution in [1.82, 2.24) is 9.88 Å². The van der Waals surface area contributed by atoms with E-state index in [1.807, 2.05) is 0 Å². The topological polar surface area (TPSA) is 17.0 Å². The van der Waals surface area contributed by atoms with E-state index >= 15 is 0 Å². The summed E-state index contributed by atoms with van der Waals surface area (Å²) >= 11 is 3.64. The fourth-order valence-electron chi connectivity index (χ4n) is 3.17. The van der Waals surface area contributed by atoms with Crippen molar-refractivity contribution < 1.29 is 0 Å². The molecule has 0 bridgehead atoms. The fraction of sp³-hybridized carbons (Fsp3) is 0.667. The maximum atomic E-state index is 3.76. The largest absolute Gasteiger partial charge is 0.336 e.